The summed E-state index contributed by atoms with van der Waals surface area (Å²) in [5, 5.41) is 2.05. The van der Waals surface area contributed by atoms with Crippen LogP contribution in [-0.2, 0) is 11.2 Å². The van der Waals surface area contributed by atoms with E-state index in [0.29, 0.717) is 0 Å². The highest BCUT2D eigenvalue weighted by molar-refractivity contribution is 7.09. The third-order valence-corrected chi connectivity index (χ3v) is 3.05. The Balaban J connectivity index is 2.38. The van der Waals surface area contributed by atoms with E-state index in [1.165, 1.54) is 4.88 Å². The fourth-order valence-electron chi connectivity index (χ4n) is 1.29. The number of amides is 1. The normalized spacial score (nSPS) is 10.1. The van der Waals surface area contributed by atoms with Crippen molar-refractivity contribution in [3.05, 3.63) is 22.4 Å². The van der Waals surface area contributed by atoms with E-state index in [-0.39, 0.29) is 12.5 Å². The standard InChI is InChI=1S/C10H16N2OS/c1-2-12(10(13)8-11)6-5-9-4-3-7-14-9/h3-4,7H,2,5-6,8,11H2,1H3. The average Bonchev–Trinajstić information content (AvgIpc) is 2.71. The van der Waals surface area contributed by atoms with E-state index in [1.54, 1.807) is 16.2 Å². The van der Waals surface area contributed by atoms with Gasteiger partial charge in [-0.1, -0.05) is 6.07 Å². The second-order valence-electron chi connectivity index (χ2n) is 3.01. The minimum Gasteiger partial charge on any atom is -0.342 e. The minimum atomic E-state index is 0.0315. The Morgan fingerprint density at radius 3 is 2.93 bits per heavy atom. The van der Waals surface area contributed by atoms with E-state index >= 15 is 0 Å². The molecule has 1 amide bonds. The van der Waals surface area contributed by atoms with Crippen LogP contribution in [0, 0.1) is 0 Å². The first-order valence-corrected chi connectivity index (χ1v) is 5.66. The third kappa shape index (κ3) is 3.12. The number of carbonyl (C=O) groups excluding carboxylic acids is 1. The van der Waals surface area contributed by atoms with E-state index in [2.05, 4.69) is 11.4 Å². The lowest BCUT2D eigenvalue weighted by Crippen LogP contribution is -2.37. The summed E-state index contributed by atoms with van der Waals surface area (Å²) in [5.41, 5.74) is 5.31. The van der Waals surface area contributed by atoms with Crippen LogP contribution in [0.3, 0.4) is 0 Å². The number of rotatable bonds is 5. The molecule has 0 bridgehead atoms. The Morgan fingerprint density at radius 1 is 1.64 bits per heavy atom. The van der Waals surface area contributed by atoms with Crippen molar-refractivity contribution in [3.8, 4) is 0 Å². The lowest BCUT2D eigenvalue weighted by Gasteiger charge is -2.19. The number of nitrogens with two attached hydrogens (primary N) is 1. The van der Waals surface area contributed by atoms with Crippen molar-refractivity contribution in [1.29, 1.82) is 0 Å². The molecule has 1 aromatic heterocycles. The Kier molecular flexibility index (Phi) is 4.62. The predicted octanol–water partition coefficient (Wildman–Crippen LogP) is 1.10. The highest BCUT2D eigenvalue weighted by Gasteiger charge is 2.08. The van der Waals surface area contributed by atoms with Crippen molar-refractivity contribution in [2.45, 2.75) is 13.3 Å². The summed E-state index contributed by atoms with van der Waals surface area (Å²) in [6.45, 7) is 3.59. The van der Waals surface area contributed by atoms with Gasteiger partial charge >= 0.3 is 0 Å². The Morgan fingerprint density at radius 2 is 2.43 bits per heavy atom. The van der Waals surface area contributed by atoms with E-state index in [4.69, 9.17) is 5.73 Å². The van der Waals surface area contributed by atoms with Gasteiger partial charge in [-0.15, -0.1) is 11.3 Å². The SMILES string of the molecule is CCN(CCc1cccs1)C(=O)CN. The molecular weight excluding hydrogens is 196 g/mol. The Bertz CT molecular complexity index is 272. The third-order valence-electron chi connectivity index (χ3n) is 2.12. The lowest BCUT2D eigenvalue weighted by molar-refractivity contribution is -0.129. The molecule has 0 spiro atoms. The van der Waals surface area contributed by atoms with E-state index < -0.39 is 0 Å². The quantitative estimate of drug-likeness (QED) is 0.794. The van der Waals surface area contributed by atoms with Crippen LogP contribution in [0.5, 0.6) is 0 Å². The maximum Gasteiger partial charge on any atom is 0.236 e. The molecule has 0 saturated carbocycles. The molecule has 2 N–H and O–H groups in total. The van der Waals surface area contributed by atoms with Gasteiger partial charge in [-0.05, 0) is 24.8 Å². The van der Waals surface area contributed by atoms with Gasteiger partial charge in [-0.25, -0.2) is 0 Å². The van der Waals surface area contributed by atoms with Crippen LogP contribution >= 0.6 is 11.3 Å². The first kappa shape index (κ1) is 11.2. The zero-order chi connectivity index (χ0) is 10.4. The van der Waals surface area contributed by atoms with Gasteiger partial charge in [0, 0.05) is 18.0 Å². The van der Waals surface area contributed by atoms with Crippen molar-refractivity contribution in [2.24, 2.45) is 5.73 Å². The molecular formula is C10H16N2OS. The van der Waals surface area contributed by atoms with Crippen molar-refractivity contribution in [3.63, 3.8) is 0 Å². The summed E-state index contributed by atoms with van der Waals surface area (Å²) >= 11 is 1.73. The first-order chi connectivity index (χ1) is 6.77. The number of carbonyl (C=O) groups is 1. The molecule has 0 aromatic carbocycles. The topological polar surface area (TPSA) is 46.3 Å². The molecule has 3 nitrogen and oxygen atoms in total. The van der Waals surface area contributed by atoms with Crippen LogP contribution in [0.4, 0.5) is 0 Å². The number of hydrogen-bond donors (Lipinski definition) is 1. The maximum absolute atomic E-state index is 11.3. The van der Waals surface area contributed by atoms with Crippen molar-refractivity contribution < 1.29 is 4.79 Å². The molecule has 0 aliphatic rings. The molecule has 0 atom stereocenters. The lowest BCUT2D eigenvalue weighted by atomic mass is 10.3. The summed E-state index contributed by atoms with van der Waals surface area (Å²) in [5.74, 6) is 0.0315. The molecule has 14 heavy (non-hydrogen) atoms. The second kappa shape index (κ2) is 5.78. The van der Waals surface area contributed by atoms with Gasteiger partial charge in [0.25, 0.3) is 0 Å². The molecule has 0 aliphatic carbocycles. The van der Waals surface area contributed by atoms with Crippen LogP contribution in [0.15, 0.2) is 17.5 Å². The second-order valence-corrected chi connectivity index (χ2v) is 4.04. The monoisotopic (exact) mass is 212 g/mol. The largest absolute Gasteiger partial charge is 0.342 e. The summed E-state index contributed by atoms with van der Waals surface area (Å²) in [6, 6.07) is 4.12. The summed E-state index contributed by atoms with van der Waals surface area (Å²) < 4.78 is 0. The zero-order valence-electron chi connectivity index (χ0n) is 8.40. The fourth-order valence-corrected chi connectivity index (χ4v) is 1.99. The Labute approximate surface area is 88.5 Å². The van der Waals surface area contributed by atoms with Crippen LogP contribution in [0.2, 0.25) is 0 Å². The van der Waals surface area contributed by atoms with Gasteiger partial charge in [0.1, 0.15) is 0 Å². The zero-order valence-corrected chi connectivity index (χ0v) is 9.22. The molecule has 0 saturated heterocycles. The molecule has 0 unspecified atom stereocenters. The molecule has 1 heterocycles. The molecule has 0 aliphatic heterocycles. The molecule has 4 heteroatoms. The van der Waals surface area contributed by atoms with Crippen LogP contribution < -0.4 is 5.73 Å². The van der Waals surface area contributed by atoms with E-state index in [9.17, 15) is 4.79 Å². The molecule has 0 radical (unpaired) electrons. The molecule has 78 valence electrons. The molecule has 0 fully saturated rings. The number of nitrogens with zero attached hydrogens (tertiary/aromatic N) is 1. The van der Waals surface area contributed by atoms with Crippen LogP contribution in [0.25, 0.3) is 0 Å². The number of thiophene rings is 1. The van der Waals surface area contributed by atoms with Gasteiger partial charge in [0.05, 0.1) is 6.54 Å². The number of hydrogen-bond acceptors (Lipinski definition) is 3. The summed E-state index contributed by atoms with van der Waals surface area (Å²) in [4.78, 5) is 14.4. The van der Waals surface area contributed by atoms with Gasteiger partial charge < -0.3 is 10.6 Å². The predicted molar refractivity (Wildman–Crippen MR) is 59.3 cm³/mol. The molecule has 1 rings (SSSR count). The number of likely N-dealkylation sites (N-methyl/N-ethyl adjacent to an activating group) is 1. The van der Waals surface area contributed by atoms with E-state index in [1.807, 2.05) is 13.0 Å². The van der Waals surface area contributed by atoms with Crippen molar-refractivity contribution in [2.75, 3.05) is 19.6 Å². The van der Waals surface area contributed by atoms with E-state index in [0.717, 1.165) is 19.5 Å². The van der Waals surface area contributed by atoms with Gasteiger partial charge in [-0.3, -0.25) is 4.79 Å². The van der Waals surface area contributed by atoms with Crippen LogP contribution in [-0.4, -0.2) is 30.4 Å². The van der Waals surface area contributed by atoms with Crippen LogP contribution in [0.1, 0.15) is 11.8 Å². The Hall–Kier alpha value is -0.870. The average molecular weight is 212 g/mol. The van der Waals surface area contributed by atoms with Gasteiger partial charge in [0.15, 0.2) is 0 Å². The van der Waals surface area contributed by atoms with Gasteiger partial charge in [-0.2, -0.15) is 0 Å². The smallest absolute Gasteiger partial charge is 0.236 e. The van der Waals surface area contributed by atoms with Gasteiger partial charge in [0.2, 0.25) is 5.91 Å². The summed E-state index contributed by atoms with van der Waals surface area (Å²) in [6.07, 6.45) is 0.928. The summed E-state index contributed by atoms with van der Waals surface area (Å²) in [7, 11) is 0. The highest BCUT2D eigenvalue weighted by Crippen LogP contribution is 2.09. The highest BCUT2D eigenvalue weighted by atomic mass is 32.1. The maximum atomic E-state index is 11.3. The fraction of sp³-hybridized carbons (Fsp3) is 0.500. The first-order valence-electron chi connectivity index (χ1n) is 4.78. The molecule has 1 aromatic rings. The minimum absolute atomic E-state index is 0.0315. The van der Waals surface area contributed by atoms with Crippen molar-refractivity contribution in [1.82, 2.24) is 4.90 Å². The van der Waals surface area contributed by atoms with Crippen molar-refractivity contribution >= 4 is 17.2 Å².